The van der Waals surface area contributed by atoms with Gasteiger partial charge in [0.1, 0.15) is 0 Å². The zero-order valence-electron chi connectivity index (χ0n) is 11.6. The molecule has 19 heavy (non-hydrogen) atoms. The number of carbonyl (C=O) groups excluding carboxylic acids is 1. The second-order valence-corrected chi connectivity index (χ2v) is 6.23. The quantitative estimate of drug-likeness (QED) is 0.795. The molecule has 1 heterocycles. The molecule has 1 aliphatic heterocycles. The van der Waals surface area contributed by atoms with E-state index in [4.69, 9.17) is 0 Å². The first-order chi connectivity index (χ1) is 9.06. The van der Waals surface area contributed by atoms with E-state index in [1.165, 1.54) is 0 Å². The summed E-state index contributed by atoms with van der Waals surface area (Å²) in [5.74, 6) is 0.230. The van der Waals surface area contributed by atoms with Crippen LogP contribution in [0.2, 0.25) is 0 Å². The largest absolute Gasteiger partial charge is 0.301 e. The van der Waals surface area contributed by atoms with Crippen LogP contribution < -0.4 is 0 Å². The molecule has 0 amide bonds. The van der Waals surface area contributed by atoms with E-state index in [9.17, 15) is 4.79 Å². The van der Waals surface area contributed by atoms with E-state index in [2.05, 4.69) is 39.7 Å². The van der Waals surface area contributed by atoms with Crippen molar-refractivity contribution >= 4 is 21.7 Å². The van der Waals surface area contributed by atoms with Crippen molar-refractivity contribution in [1.82, 2.24) is 9.80 Å². The fourth-order valence-electron chi connectivity index (χ4n) is 2.39. The third kappa shape index (κ3) is 4.13. The Labute approximate surface area is 123 Å². The van der Waals surface area contributed by atoms with Crippen molar-refractivity contribution in [3.63, 3.8) is 0 Å². The number of halogens is 1. The number of likely N-dealkylation sites (N-methyl/N-ethyl adjacent to an activating group) is 1. The van der Waals surface area contributed by atoms with Crippen molar-refractivity contribution in [3.05, 3.63) is 34.3 Å². The summed E-state index contributed by atoms with van der Waals surface area (Å²) in [5, 5.41) is 0. The molecule has 0 aliphatic carbocycles. The van der Waals surface area contributed by atoms with Gasteiger partial charge in [0.25, 0.3) is 0 Å². The van der Waals surface area contributed by atoms with Gasteiger partial charge in [0.2, 0.25) is 0 Å². The Morgan fingerprint density at radius 1 is 1.42 bits per heavy atom. The van der Waals surface area contributed by atoms with E-state index in [1.807, 2.05) is 24.3 Å². The molecular formula is C15H21BrN2O. The maximum Gasteiger partial charge on any atom is 0.164 e. The van der Waals surface area contributed by atoms with Crippen LogP contribution in [-0.2, 0) is 0 Å². The smallest absolute Gasteiger partial charge is 0.164 e. The van der Waals surface area contributed by atoms with Crippen LogP contribution in [0.15, 0.2) is 28.7 Å². The Balaban J connectivity index is 1.84. The molecule has 1 saturated heterocycles. The zero-order chi connectivity index (χ0) is 13.8. The predicted molar refractivity (Wildman–Crippen MR) is 81.6 cm³/mol. The lowest BCUT2D eigenvalue weighted by atomic mass is 10.1. The average Bonchev–Trinajstić information content (AvgIpc) is 2.40. The SMILES string of the molecule is CC1CN(CCC(=O)c2cccc(Br)c2)CCN1C. The summed E-state index contributed by atoms with van der Waals surface area (Å²) in [6.45, 7) is 6.31. The Kier molecular flexibility index (Phi) is 5.13. The molecule has 1 aromatic rings. The van der Waals surface area contributed by atoms with Gasteiger partial charge >= 0.3 is 0 Å². The van der Waals surface area contributed by atoms with E-state index in [1.54, 1.807) is 0 Å². The number of piperazine rings is 1. The molecule has 0 aromatic heterocycles. The van der Waals surface area contributed by atoms with Crippen molar-refractivity contribution in [2.45, 2.75) is 19.4 Å². The third-order valence-electron chi connectivity index (χ3n) is 3.85. The number of nitrogens with zero attached hydrogens (tertiary/aromatic N) is 2. The standard InChI is InChI=1S/C15H21BrN2O/c1-12-11-18(9-8-17(12)2)7-6-15(19)13-4-3-5-14(16)10-13/h3-5,10,12H,6-9,11H2,1-2H3. The van der Waals surface area contributed by atoms with E-state index < -0.39 is 0 Å². The molecule has 1 fully saturated rings. The first-order valence-corrected chi connectivity index (χ1v) is 7.57. The second-order valence-electron chi connectivity index (χ2n) is 5.31. The van der Waals surface area contributed by atoms with Crippen LogP contribution >= 0.6 is 15.9 Å². The van der Waals surface area contributed by atoms with Crippen LogP contribution in [0.3, 0.4) is 0 Å². The van der Waals surface area contributed by atoms with Gasteiger partial charge < -0.3 is 9.80 Å². The van der Waals surface area contributed by atoms with Crippen molar-refractivity contribution in [3.8, 4) is 0 Å². The van der Waals surface area contributed by atoms with Crippen LogP contribution in [0.5, 0.6) is 0 Å². The molecule has 0 spiro atoms. The summed E-state index contributed by atoms with van der Waals surface area (Å²) in [4.78, 5) is 16.9. The zero-order valence-corrected chi connectivity index (χ0v) is 13.2. The highest BCUT2D eigenvalue weighted by atomic mass is 79.9. The molecule has 104 valence electrons. The lowest BCUT2D eigenvalue weighted by molar-refractivity contribution is 0.0873. The number of hydrogen-bond donors (Lipinski definition) is 0. The molecular weight excluding hydrogens is 304 g/mol. The van der Waals surface area contributed by atoms with Gasteiger partial charge in [0.05, 0.1) is 0 Å². The Morgan fingerprint density at radius 3 is 2.89 bits per heavy atom. The molecule has 1 atom stereocenters. The fourth-order valence-corrected chi connectivity index (χ4v) is 2.79. The van der Waals surface area contributed by atoms with Crippen molar-refractivity contribution in [1.29, 1.82) is 0 Å². The van der Waals surface area contributed by atoms with Gasteiger partial charge in [-0.1, -0.05) is 28.1 Å². The first-order valence-electron chi connectivity index (χ1n) is 6.77. The molecule has 0 N–H and O–H groups in total. The number of benzene rings is 1. The van der Waals surface area contributed by atoms with Crippen LogP contribution in [-0.4, -0.2) is 54.9 Å². The minimum atomic E-state index is 0.230. The number of ketones is 1. The Morgan fingerprint density at radius 2 is 2.21 bits per heavy atom. The van der Waals surface area contributed by atoms with Crippen molar-refractivity contribution in [2.24, 2.45) is 0 Å². The molecule has 1 aliphatic rings. The van der Waals surface area contributed by atoms with Gasteiger partial charge in [0, 0.05) is 48.7 Å². The van der Waals surface area contributed by atoms with Crippen molar-refractivity contribution in [2.75, 3.05) is 33.2 Å². The van der Waals surface area contributed by atoms with Crippen LogP contribution in [0.25, 0.3) is 0 Å². The van der Waals surface area contributed by atoms with Gasteiger partial charge in [-0.25, -0.2) is 0 Å². The highest BCUT2D eigenvalue weighted by molar-refractivity contribution is 9.10. The summed E-state index contributed by atoms with van der Waals surface area (Å²) in [5.41, 5.74) is 0.802. The molecule has 0 saturated carbocycles. The van der Waals surface area contributed by atoms with E-state index >= 15 is 0 Å². The van der Waals surface area contributed by atoms with Gasteiger partial charge in [-0.2, -0.15) is 0 Å². The minimum absolute atomic E-state index is 0.230. The minimum Gasteiger partial charge on any atom is -0.301 e. The van der Waals surface area contributed by atoms with Gasteiger partial charge in [-0.15, -0.1) is 0 Å². The maximum atomic E-state index is 12.1. The van der Waals surface area contributed by atoms with Gasteiger partial charge in [-0.05, 0) is 26.1 Å². The monoisotopic (exact) mass is 324 g/mol. The summed E-state index contributed by atoms with van der Waals surface area (Å²) < 4.78 is 0.964. The van der Waals surface area contributed by atoms with Gasteiger partial charge in [0.15, 0.2) is 5.78 Å². The lowest BCUT2D eigenvalue weighted by Crippen LogP contribution is -2.50. The van der Waals surface area contributed by atoms with E-state index in [0.29, 0.717) is 12.5 Å². The lowest BCUT2D eigenvalue weighted by Gasteiger charge is -2.37. The molecule has 1 unspecified atom stereocenters. The summed E-state index contributed by atoms with van der Waals surface area (Å²) in [6, 6.07) is 8.22. The maximum absolute atomic E-state index is 12.1. The fraction of sp³-hybridized carbons (Fsp3) is 0.533. The molecule has 0 radical (unpaired) electrons. The Hall–Kier alpha value is -0.710. The number of hydrogen-bond acceptors (Lipinski definition) is 3. The van der Waals surface area contributed by atoms with Crippen LogP contribution in [0, 0.1) is 0 Å². The summed E-state index contributed by atoms with van der Waals surface area (Å²) >= 11 is 3.40. The van der Waals surface area contributed by atoms with Crippen molar-refractivity contribution < 1.29 is 4.79 Å². The average molecular weight is 325 g/mol. The number of rotatable bonds is 4. The molecule has 3 nitrogen and oxygen atoms in total. The molecule has 2 rings (SSSR count). The highest BCUT2D eigenvalue weighted by Crippen LogP contribution is 2.14. The number of carbonyl (C=O) groups is 1. The van der Waals surface area contributed by atoms with Crippen LogP contribution in [0.1, 0.15) is 23.7 Å². The van der Waals surface area contributed by atoms with Crippen LogP contribution in [0.4, 0.5) is 0 Å². The molecule has 4 heteroatoms. The molecule has 1 aromatic carbocycles. The first kappa shape index (κ1) is 14.7. The van der Waals surface area contributed by atoms with Gasteiger partial charge in [-0.3, -0.25) is 4.79 Å². The topological polar surface area (TPSA) is 23.6 Å². The second kappa shape index (κ2) is 6.64. The normalized spacial score (nSPS) is 21.5. The predicted octanol–water partition coefficient (Wildman–Crippen LogP) is 2.66. The van der Waals surface area contributed by atoms with E-state index in [-0.39, 0.29) is 5.78 Å². The summed E-state index contributed by atoms with van der Waals surface area (Å²) in [7, 11) is 2.16. The highest BCUT2D eigenvalue weighted by Gasteiger charge is 2.20. The number of Topliss-reactive ketones (excluding diaryl/α,β-unsaturated/α-hetero) is 1. The summed E-state index contributed by atoms with van der Waals surface area (Å²) in [6.07, 6.45) is 0.604. The van der Waals surface area contributed by atoms with E-state index in [0.717, 1.165) is 36.2 Å². The third-order valence-corrected chi connectivity index (χ3v) is 4.34. The Bertz CT molecular complexity index is 450. The molecule has 0 bridgehead atoms.